The van der Waals surface area contributed by atoms with E-state index in [0.717, 1.165) is 44.5 Å². The number of aryl methyl sites for hydroxylation is 1. The highest BCUT2D eigenvalue weighted by molar-refractivity contribution is 4.94. The van der Waals surface area contributed by atoms with Crippen LogP contribution in [-0.2, 0) is 13.6 Å². The third kappa shape index (κ3) is 2.59. The highest BCUT2D eigenvalue weighted by Crippen LogP contribution is 2.30. The summed E-state index contributed by atoms with van der Waals surface area (Å²) >= 11 is 0. The van der Waals surface area contributed by atoms with Crippen LogP contribution in [0, 0.1) is 0 Å². The predicted octanol–water partition coefficient (Wildman–Crippen LogP) is 0.552. The van der Waals surface area contributed by atoms with E-state index in [2.05, 4.69) is 15.2 Å². The molecule has 1 aromatic rings. The molecule has 1 fully saturated rings. The van der Waals surface area contributed by atoms with E-state index in [1.165, 1.54) is 0 Å². The van der Waals surface area contributed by atoms with Crippen LogP contribution in [0.2, 0.25) is 0 Å². The first-order valence-electron chi connectivity index (χ1n) is 5.84. The van der Waals surface area contributed by atoms with E-state index in [4.69, 9.17) is 0 Å². The maximum absolute atomic E-state index is 10.3. The molecular weight excluding hydrogens is 204 g/mol. The number of hydrogen-bond acceptors (Lipinski definition) is 4. The Balaban J connectivity index is 1.89. The lowest BCUT2D eigenvalue weighted by atomic mass is 10.0. The molecule has 5 heteroatoms. The predicted molar refractivity (Wildman–Crippen MR) is 60.8 cm³/mol. The standard InChI is InChI=1S/C11H20N4O/c1-14(8-10-7-12-13-15(10)2)9-11(16)5-3-4-6-11/h7,16H,3-6,8-9H2,1-2H3. The van der Waals surface area contributed by atoms with Crippen molar-refractivity contribution in [1.82, 2.24) is 19.9 Å². The van der Waals surface area contributed by atoms with Gasteiger partial charge < -0.3 is 5.11 Å². The van der Waals surface area contributed by atoms with Gasteiger partial charge in [0, 0.05) is 20.1 Å². The molecule has 1 aliphatic carbocycles. The molecular formula is C11H20N4O. The lowest BCUT2D eigenvalue weighted by Gasteiger charge is -2.28. The van der Waals surface area contributed by atoms with Gasteiger partial charge in [0.15, 0.2) is 0 Å². The average molecular weight is 224 g/mol. The van der Waals surface area contributed by atoms with Crippen molar-refractivity contribution in [2.45, 2.75) is 37.8 Å². The zero-order chi connectivity index (χ0) is 11.6. The number of aromatic nitrogens is 3. The average Bonchev–Trinajstić information content (AvgIpc) is 2.77. The normalized spacial score (nSPS) is 19.5. The molecule has 0 aliphatic heterocycles. The van der Waals surface area contributed by atoms with Crippen LogP contribution in [0.15, 0.2) is 6.20 Å². The van der Waals surface area contributed by atoms with Crippen molar-refractivity contribution in [2.75, 3.05) is 13.6 Å². The third-order valence-electron chi connectivity index (χ3n) is 3.34. The molecule has 2 rings (SSSR count). The number of nitrogens with zero attached hydrogens (tertiary/aromatic N) is 4. The largest absolute Gasteiger partial charge is 0.389 e. The molecule has 90 valence electrons. The summed E-state index contributed by atoms with van der Waals surface area (Å²) in [5.74, 6) is 0. The van der Waals surface area contributed by atoms with Gasteiger partial charge in [-0.1, -0.05) is 18.1 Å². The van der Waals surface area contributed by atoms with E-state index in [-0.39, 0.29) is 0 Å². The van der Waals surface area contributed by atoms with Crippen molar-refractivity contribution < 1.29 is 5.11 Å². The van der Waals surface area contributed by atoms with Crippen molar-refractivity contribution in [3.63, 3.8) is 0 Å². The first-order chi connectivity index (χ1) is 7.59. The Kier molecular flexibility index (Phi) is 3.25. The van der Waals surface area contributed by atoms with Gasteiger partial charge in [-0.3, -0.25) is 9.58 Å². The minimum atomic E-state index is -0.471. The summed E-state index contributed by atoms with van der Waals surface area (Å²) in [6.45, 7) is 1.52. The van der Waals surface area contributed by atoms with Crippen LogP contribution in [0.3, 0.4) is 0 Å². The SMILES string of the molecule is CN(Cc1cnnn1C)CC1(O)CCCC1. The highest BCUT2D eigenvalue weighted by atomic mass is 16.3. The Hall–Kier alpha value is -0.940. The first kappa shape index (κ1) is 11.5. The van der Waals surface area contributed by atoms with Crippen LogP contribution >= 0.6 is 0 Å². The van der Waals surface area contributed by atoms with Gasteiger partial charge in [-0.05, 0) is 19.9 Å². The molecule has 0 aromatic carbocycles. The molecule has 16 heavy (non-hydrogen) atoms. The van der Waals surface area contributed by atoms with Crippen molar-refractivity contribution in [2.24, 2.45) is 7.05 Å². The lowest BCUT2D eigenvalue weighted by molar-refractivity contribution is 0.0140. The van der Waals surface area contributed by atoms with Gasteiger partial charge in [0.05, 0.1) is 17.5 Å². The number of hydrogen-bond donors (Lipinski definition) is 1. The topological polar surface area (TPSA) is 54.2 Å². The summed E-state index contributed by atoms with van der Waals surface area (Å²) in [6.07, 6.45) is 5.94. The van der Waals surface area contributed by atoms with E-state index in [9.17, 15) is 5.11 Å². The van der Waals surface area contributed by atoms with E-state index < -0.39 is 5.60 Å². The Morgan fingerprint density at radius 1 is 1.50 bits per heavy atom. The summed E-state index contributed by atoms with van der Waals surface area (Å²) in [5, 5.41) is 18.0. The summed E-state index contributed by atoms with van der Waals surface area (Å²) in [6, 6.07) is 0. The summed E-state index contributed by atoms with van der Waals surface area (Å²) in [7, 11) is 3.92. The fourth-order valence-corrected chi connectivity index (χ4v) is 2.48. The quantitative estimate of drug-likeness (QED) is 0.811. The number of rotatable bonds is 4. The Bertz CT molecular complexity index is 344. The zero-order valence-corrected chi connectivity index (χ0v) is 10.1. The summed E-state index contributed by atoms with van der Waals surface area (Å²) in [4.78, 5) is 2.14. The molecule has 1 heterocycles. The second-order valence-electron chi connectivity index (χ2n) is 4.95. The van der Waals surface area contributed by atoms with Gasteiger partial charge in [-0.2, -0.15) is 0 Å². The maximum atomic E-state index is 10.3. The Labute approximate surface area is 96.1 Å². The van der Waals surface area contributed by atoms with Crippen molar-refractivity contribution >= 4 is 0 Å². The van der Waals surface area contributed by atoms with Crippen molar-refractivity contribution in [3.8, 4) is 0 Å². The lowest BCUT2D eigenvalue weighted by Crippen LogP contribution is -2.39. The fraction of sp³-hybridized carbons (Fsp3) is 0.818. The summed E-state index contributed by atoms with van der Waals surface area (Å²) in [5.41, 5.74) is 0.602. The highest BCUT2D eigenvalue weighted by Gasteiger charge is 2.32. The van der Waals surface area contributed by atoms with Gasteiger partial charge in [-0.25, -0.2) is 0 Å². The molecule has 0 amide bonds. The molecule has 0 radical (unpaired) electrons. The van der Waals surface area contributed by atoms with Gasteiger partial charge in [-0.15, -0.1) is 5.10 Å². The molecule has 1 N–H and O–H groups in total. The molecule has 0 saturated heterocycles. The Morgan fingerprint density at radius 3 is 2.75 bits per heavy atom. The van der Waals surface area contributed by atoms with Crippen molar-refractivity contribution in [3.05, 3.63) is 11.9 Å². The van der Waals surface area contributed by atoms with Gasteiger partial charge >= 0.3 is 0 Å². The van der Waals surface area contributed by atoms with E-state index in [0.29, 0.717) is 0 Å². The van der Waals surface area contributed by atoms with Gasteiger partial charge in [0.2, 0.25) is 0 Å². The molecule has 0 unspecified atom stereocenters. The third-order valence-corrected chi connectivity index (χ3v) is 3.34. The number of aliphatic hydroxyl groups is 1. The van der Waals surface area contributed by atoms with Crippen LogP contribution in [0.5, 0.6) is 0 Å². The van der Waals surface area contributed by atoms with Crippen LogP contribution in [0.25, 0.3) is 0 Å². The van der Waals surface area contributed by atoms with E-state index >= 15 is 0 Å². The maximum Gasteiger partial charge on any atom is 0.0774 e. The van der Waals surface area contributed by atoms with E-state index in [1.807, 2.05) is 14.1 Å². The molecule has 1 aromatic heterocycles. The van der Waals surface area contributed by atoms with Crippen LogP contribution < -0.4 is 0 Å². The minimum Gasteiger partial charge on any atom is -0.389 e. The van der Waals surface area contributed by atoms with Gasteiger partial charge in [0.25, 0.3) is 0 Å². The molecule has 0 bridgehead atoms. The van der Waals surface area contributed by atoms with Crippen LogP contribution in [0.4, 0.5) is 0 Å². The first-order valence-corrected chi connectivity index (χ1v) is 5.84. The van der Waals surface area contributed by atoms with Crippen LogP contribution in [0.1, 0.15) is 31.4 Å². The minimum absolute atomic E-state index is 0.471. The Morgan fingerprint density at radius 2 is 2.19 bits per heavy atom. The monoisotopic (exact) mass is 224 g/mol. The number of likely N-dealkylation sites (N-methyl/N-ethyl adjacent to an activating group) is 1. The second kappa shape index (κ2) is 4.51. The molecule has 5 nitrogen and oxygen atoms in total. The van der Waals surface area contributed by atoms with E-state index in [1.54, 1.807) is 10.9 Å². The van der Waals surface area contributed by atoms with Crippen LogP contribution in [-0.4, -0.2) is 44.2 Å². The molecule has 0 spiro atoms. The van der Waals surface area contributed by atoms with Crippen molar-refractivity contribution in [1.29, 1.82) is 0 Å². The second-order valence-corrected chi connectivity index (χ2v) is 4.95. The van der Waals surface area contributed by atoms with Gasteiger partial charge in [0.1, 0.15) is 0 Å². The zero-order valence-electron chi connectivity index (χ0n) is 10.1. The molecule has 0 atom stereocenters. The summed E-state index contributed by atoms with van der Waals surface area (Å²) < 4.78 is 1.77. The smallest absolute Gasteiger partial charge is 0.0774 e. The molecule has 1 saturated carbocycles. The fourth-order valence-electron chi connectivity index (χ4n) is 2.48. The molecule has 1 aliphatic rings.